The Kier molecular flexibility index (Phi) is 4.41. The number of hydrogen-bond donors (Lipinski definition) is 2. The summed E-state index contributed by atoms with van der Waals surface area (Å²) in [5.74, 6) is -0.0402. The van der Waals surface area contributed by atoms with Gasteiger partial charge < -0.3 is 11.1 Å². The molecule has 0 spiro atoms. The second-order valence-electron chi connectivity index (χ2n) is 6.82. The SMILES string of the molecule is Cc1cc(C(C)(C)C)ccc1NC(=O)C(C)(C)CN. The van der Waals surface area contributed by atoms with Crippen LogP contribution in [-0.2, 0) is 10.2 Å². The van der Waals surface area contributed by atoms with Crippen LogP contribution >= 0.6 is 0 Å². The summed E-state index contributed by atoms with van der Waals surface area (Å²) in [6.07, 6.45) is 0. The van der Waals surface area contributed by atoms with Crippen LogP contribution in [0.1, 0.15) is 45.7 Å². The lowest BCUT2D eigenvalue weighted by atomic mass is 9.86. The van der Waals surface area contributed by atoms with Gasteiger partial charge >= 0.3 is 0 Å². The van der Waals surface area contributed by atoms with Gasteiger partial charge in [-0.1, -0.05) is 32.9 Å². The van der Waals surface area contributed by atoms with Crippen molar-refractivity contribution in [1.82, 2.24) is 0 Å². The van der Waals surface area contributed by atoms with E-state index in [9.17, 15) is 4.79 Å². The lowest BCUT2D eigenvalue weighted by Crippen LogP contribution is -2.37. The van der Waals surface area contributed by atoms with Gasteiger partial charge in [0.15, 0.2) is 0 Å². The van der Waals surface area contributed by atoms with Crippen molar-refractivity contribution in [2.45, 2.75) is 47.0 Å². The van der Waals surface area contributed by atoms with Crippen LogP contribution in [0.2, 0.25) is 0 Å². The Morgan fingerprint density at radius 2 is 1.79 bits per heavy atom. The maximum atomic E-state index is 12.1. The first-order chi connectivity index (χ1) is 8.58. The molecule has 0 saturated heterocycles. The van der Waals surface area contributed by atoms with E-state index in [-0.39, 0.29) is 11.3 Å². The molecular formula is C16H26N2O. The van der Waals surface area contributed by atoms with Gasteiger partial charge in [-0.25, -0.2) is 0 Å². The highest BCUT2D eigenvalue weighted by Gasteiger charge is 2.26. The minimum atomic E-state index is -0.546. The number of carbonyl (C=O) groups excluding carboxylic acids is 1. The zero-order valence-electron chi connectivity index (χ0n) is 12.9. The number of carbonyl (C=O) groups is 1. The largest absolute Gasteiger partial charge is 0.329 e. The van der Waals surface area contributed by atoms with E-state index in [2.05, 4.69) is 38.2 Å². The van der Waals surface area contributed by atoms with Crippen LogP contribution in [-0.4, -0.2) is 12.5 Å². The van der Waals surface area contributed by atoms with Crippen LogP contribution in [0.3, 0.4) is 0 Å². The number of rotatable bonds is 3. The number of amides is 1. The monoisotopic (exact) mass is 262 g/mol. The second-order valence-corrected chi connectivity index (χ2v) is 6.82. The second kappa shape index (κ2) is 5.33. The maximum absolute atomic E-state index is 12.1. The zero-order valence-corrected chi connectivity index (χ0v) is 12.9. The molecule has 0 aliphatic heterocycles. The van der Waals surface area contributed by atoms with E-state index in [1.54, 1.807) is 0 Å². The van der Waals surface area contributed by atoms with E-state index in [1.165, 1.54) is 5.56 Å². The molecular weight excluding hydrogens is 236 g/mol. The first-order valence-corrected chi connectivity index (χ1v) is 6.70. The molecule has 0 atom stereocenters. The molecule has 0 fully saturated rings. The predicted molar refractivity (Wildman–Crippen MR) is 81.3 cm³/mol. The average molecular weight is 262 g/mol. The zero-order chi connectivity index (χ0) is 14.8. The normalized spacial score (nSPS) is 12.4. The summed E-state index contributed by atoms with van der Waals surface area (Å²) in [7, 11) is 0. The van der Waals surface area contributed by atoms with E-state index in [0.717, 1.165) is 11.3 Å². The molecule has 0 bridgehead atoms. The van der Waals surface area contributed by atoms with Crippen LogP contribution in [0.5, 0.6) is 0 Å². The number of nitrogens with one attached hydrogen (secondary N) is 1. The van der Waals surface area contributed by atoms with Crippen molar-refractivity contribution >= 4 is 11.6 Å². The molecule has 3 heteroatoms. The highest BCUT2D eigenvalue weighted by molar-refractivity contribution is 5.95. The van der Waals surface area contributed by atoms with E-state index >= 15 is 0 Å². The summed E-state index contributed by atoms with van der Waals surface area (Å²) in [6.45, 7) is 12.6. The van der Waals surface area contributed by atoms with Crippen molar-refractivity contribution in [1.29, 1.82) is 0 Å². The standard InChI is InChI=1S/C16H26N2O/c1-11-9-12(15(2,3)4)7-8-13(11)18-14(19)16(5,6)10-17/h7-9H,10,17H2,1-6H3,(H,18,19). The van der Waals surface area contributed by atoms with Gasteiger partial charge in [-0.15, -0.1) is 0 Å². The number of nitrogens with two attached hydrogens (primary N) is 1. The van der Waals surface area contributed by atoms with Gasteiger partial charge in [0.05, 0.1) is 5.41 Å². The van der Waals surface area contributed by atoms with Gasteiger partial charge in [0.2, 0.25) is 5.91 Å². The molecule has 0 saturated carbocycles. The third kappa shape index (κ3) is 3.80. The average Bonchev–Trinajstić information content (AvgIpc) is 2.30. The van der Waals surface area contributed by atoms with Gasteiger partial charge in [-0.3, -0.25) is 4.79 Å². The van der Waals surface area contributed by atoms with E-state index in [1.807, 2.05) is 26.8 Å². The van der Waals surface area contributed by atoms with Gasteiger partial charge in [0.25, 0.3) is 0 Å². The molecule has 0 aliphatic rings. The van der Waals surface area contributed by atoms with Crippen LogP contribution in [0, 0.1) is 12.3 Å². The molecule has 1 amide bonds. The van der Waals surface area contributed by atoms with Gasteiger partial charge in [0, 0.05) is 12.2 Å². The lowest BCUT2D eigenvalue weighted by Gasteiger charge is -2.24. The molecule has 1 rings (SSSR count). The Labute approximate surface area is 116 Å². The van der Waals surface area contributed by atoms with Gasteiger partial charge in [-0.05, 0) is 43.4 Å². The summed E-state index contributed by atoms with van der Waals surface area (Å²) >= 11 is 0. The molecule has 0 radical (unpaired) electrons. The first kappa shape index (κ1) is 15.7. The van der Waals surface area contributed by atoms with Gasteiger partial charge in [-0.2, -0.15) is 0 Å². The Morgan fingerprint density at radius 1 is 1.21 bits per heavy atom. The molecule has 106 valence electrons. The molecule has 0 heterocycles. The van der Waals surface area contributed by atoms with Crippen LogP contribution in [0.25, 0.3) is 0 Å². The number of aryl methyl sites for hydroxylation is 1. The number of hydrogen-bond acceptors (Lipinski definition) is 2. The first-order valence-electron chi connectivity index (χ1n) is 6.70. The Hall–Kier alpha value is -1.35. The van der Waals surface area contributed by atoms with Crippen LogP contribution in [0.15, 0.2) is 18.2 Å². The smallest absolute Gasteiger partial charge is 0.231 e. The Bertz CT molecular complexity index is 470. The highest BCUT2D eigenvalue weighted by Crippen LogP contribution is 2.27. The van der Waals surface area contributed by atoms with Gasteiger partial charge in [0.1, 0.15) is 0 Å². The molecule has 1 aromatic rings. The molecule has 1 aromatic carbocycles. The Morgan fingerprint density at radius 3 is 2.21 bits per heavy atom. The van der Waals surface area contributed by atoms with E-state index in [4.69, 9.17) is 5.73 Å². The minimum Gasteiger partial charge on any atom is -0.329 e. The fourth-order valence-corrected chi connectivity index (χ4v) is 1.65. The Balaban J connectivity index is 2.96. The van der Waals surface area contributed by atoms with Crippen LogP contribution < -0.4 is 11.1 Å². The van der Waals surface area contributed by atoms with Crippen molar-refractivity contribution in [3.05, 3.63) is 29.3 Å². The minimum absolute atomic E-state index is 0.0402. The molecule has 0 unspecified atom stereocenters. The predicted octanol–water partition coefficient (Wildman–Crippen LogP) is 3.22. The molecule has 0 aromatic heterocycles. The fraction of sp³-hybridized carbons (Fsp3) is 0.562. The summed E-state index contributed by atoms with van der Waals surface area (Å²) in [5, 5.41) is 2.96. The third-order valence-corrected chi connectivity index (χ3v) is 3.47. The van der Waals surface area contributed by atoms with E-state index < -0.39 is 5.41 Å². The lowest BCUT2D eigenvalue weighted by molar-refractivity contribution is -0.123. The summed E-state index contributed by atoms with van der Waals surface area (Å²) < 4.78 is 0. The van der Waals surface area contributed by atoms with E-state index in [0.29, 0.717) is 6.54 Å². The van der Waals surface area contributed by atoms with Crippen molar-refractivity contribution in [2.24, 2.45) is 11.1 Å². The van der Waals surface area contributed by atoms with Crippen molar-refractivity contribution in [2.75, 3.05) is 11.9 Å². The molecule has 3 N–H and O–H groups in total. The molecule has 19 heavy (non-hydrogen) atoms. The number of benzene rings is 1. The topological polar surface area (TPSA) is 55.1 Å². The maximum Gasteiger partial charge on any atom is 0.231 e. The quantitative estimate of drug-likeness (QED) is 0.878. The van der Waals surface area contributed by atoms with Crippen molar-refractivity contribution in [3.63, 3.8) is 0 Å². The summed E-state index contributed by atoms with van der Waals surface area (Å²) in [6, 6.07) is 6.17. The number of anilines is 1. The highest BCUT2D eigenvalue weighted by atomic mass is 16.2. The van der Waals surface area contributed by atoms with Crippen molar-refractivity contribution < 1.29 is 4.79 Å². The van der Waals surface area contributed by atoms with Crippen LogP contribution in [0.4, 0.5) is 5.69 Å². The summed E-state index contributed by atoms with van der Waals surface area (Å²) in [5.41, 5.74) is 8.39. The third-order valence-electron chi connectivity index (χ3n) is 3.47. The fourth-order valence-electron chi connectivity index (χ4n) is 1.65. The van der Waals surface area contributed by atoms with Crippen molar-refractivity contribution in [3.8, 4) is 0 Å². The summed E-state index contributed by atoms with van der Waals surface area (Å²) in [4.78, 5) is 12.1. The molecule has 3 nitrogen and oxygen atoms in total. The molecule has 0 aliphatic carbocycles.